The van der Waals surface area contributed by atoms with Crippen molar-refractivity contribution in [2.24, 2.45) is 5.73 Å². The molecule has 90 valence electrons. The lowest BCUT2D eigenvalue weighted by Gasteiger charge is -2.21. The Bertz CT molecular complexity index is 361. The lowest BCUT2D eigenvalue weighted by Crippen LogP contribution is -2.18. The number of nitrogens with two attached hydrogens (primary N) is 1. The minimum Gasteiger partial charge on any atom is -0.496 e. The first kappa shape index (κ1) is 13.0. The van der Waals surface area contributed by atoms with E-state index in [0.717, 1.165) is 22.4 Å². The Labute approximate surface area is 97.2 Å². The Kier molecular flexibility index (Phi) is 4.33. The smallest absolute Gasteiger partial charge is 0.126 e. The molecular formula is C13H21NO2. The maximum absolute atomic E-state index is 9.22. The first-order chi connectivity index (χ1) is 7.52. The van der Waals surface area contributed by atoms with Crippen LogP contribution in [0.25, 0.3) is 0 Å². The predicted octanol–water partition coefficient (Wildman–Crippen LogP) is 2.12. The molecule has 0 aliphatic rings. The van der Waals surface area contributed by atoms with Crippen LogP contribution >= 0.6 is 0 Å². The van der Waals surface area contributed by atoms with Crippen LogP contribution in [0.15, 0.2) is 12.1 Å². The number of hydrogen-bond acceptors (Lipinski definition) is 3. The number of aryl methyl sites for hydroxylation is 1. The van der Waals surface area contributed by atoms with Gasteiger partial charge in [-0.2, -0.15) is 0 Å². The fourth-order valence-electron chi connectivity index (χ4n) is 1.97. The molecule has 1 atom stereocenters. The maximum Gasteiger partial charge on any atom is 0.126 e. The quantitative estimate of drug-likeness (QED) is 0.822. The number of methoxy groups -OCH3 is 1. The van der Waals surface area contributed by atoms with Gasteiger partial charge in [-0.1, -0.05) is 26.0 Å². The highest BCUT2D eigenvalue weighted by atomic mass is 16.5. The predicted molar refractivity (Wildman–Crippen MR) is 65.8 cm³/mol. The van der Waals surface area contributed by atoms with Gasteiger partial charge < -0.3 is 15.6 Å². The van der Waals surface area contributed by atoms with Gasteiger partial charge in [0, 0.05) is 5.56 Å². The summed E-state index contributed by atoms with van der Waals surface area (Å²) in [5.74, 6) is 1.16. The zero-order chi connectivity index (χ0) is 12.3. The van der Waals surface area contributed by atoms with E-state index in [4.69, 9.17) is 10.5 Å². The number of rotatable bonds is 4. The van der Waals surface area contributed by atoms with E-state index < -0.39 is 0 Å². The van der Waals surface area contributed by atoms with Gasteiger partial charge in [-0.25, -0.2) is 0 Å². The number of aliphatic hydroxyl groups excluding tert-OH is 1. The van der Waals surface area contributed by atoms with Gasteiger partial charge in [-0.3, -0.25) is 0 Å². The van der Waals surface area contributed by atoms with Crippen LogP contribution in [0.5, 0.6) is 5.75 Å². The number of hydrogen-bond donors (Lipinski definition) is 2. The van der Waals surface area contributed by atoms with Crippen molar-refractivity contribution in [3.8, 4) is 5.75 Å². The van der Waals surface area contributed by atoms with E-state index in [9.17, 15) is 5.11 Å². The second-order valence-corrected chi connectivity index (χ2v) is 4.36. The average molecular weight is 223 g/mol. The molecule has 3 N–H and O–H groups in total. The minimum absolute atomic E-state index is 0.0699. The molecule has 1 rings (SSSR count). The SMILES string of the molecule is COc1c(C)ccc(C(C)C)c1C(N)CO. The van der Waals surface area contributed by atoms with Gasteiger partial charge in [0.1, 0.15) is 5.75 Å². The van der Waals surface area contributed by atoms with Gasteiger partial charge in [0.2, 0.25) is 0 Å². The molecule has 0 radical (unpaired) electrons. The molecule has 0 saturated heterocycles. The molecule has 1 unspecified atom stereocenters. The fourth-order valence-corrected chi connectivity index (χ4v) is 1.97. The standard InChI is InChI=1S/C13H21NO2/c1-8(2)10-6-5-9(3)13(16-4)12(10)11(14)7-15/h5-6,8,11,15H,7,14H2,1-4H3. The minimum atomic E-state index is -0.382. The molecule has 3 heteroatoms. The van der Waals surface area contributed by atoms with Crippen LogP contribution in [0.3, 0.4) is 0 Å². The van der Waals surface area contributed by atoms with Crippen LogP contribution in [-0.4, -0.2) is 18.8 Å². The normalized spacial score (nSPS) is 12.9. The van der Waals surface area contributed by atoms with Gasteiger partial charge in [0.05, 0.1) is 19.8 Å². The van der Waals surface area contributed by atoms with Crippen LogP contribution in [0.1, 0.15) is 42.5 Å². The van der Waals surface area contributed by atoms with Crippen molar-refractivity contribution in [1.29, 1.82) is 0 Å². The lowest BCUT2D eigenvalue weighted by molar-refractivity contribution is 0.263. The van der Waals surface area contributed by atoms with Gasteiger partial charge in [0.15, 0.2) is 0 Å². The summed E-state index contributed by atoms with van der Waals surface area (Å²) in [6.07, 6.45) is 0. The van der Waals surface area contributed by atoms with Crippen molar-refractivity contribution in [1.82, 2.24) is 0 Å². The molecule has 0 aliphatic heterocycles. The van der Waals surface area contributed by atoms with Crippen molar-refractivity contribution in [3.05, 3.63) is 28.8 Å². The summed E-state index contributed by atoms with van der Waals surface area (Å²) >= 11 is 0. The molecular weight excluding hydrogens is 202 g/mol. The second kappa shape index (κ2) is 5.32. The molecule has 0 spiro atoms. The Balaban J connectivity index is 3.41. The summed E-state index contributed by atoms with van der Waals surface area (Å²) in [7, 11) is 1.64. The van der Waals surface area contributed by atoms with Crippen LogP contribution in [0.4, 0.5) is 0 Å². The molecule has 0 bridgehead atoms. The van der Waals surface area contributed by atoms with Crippen molar-refractivity contribution >= 4 is 0 Å². The molecule has 3 nitrogen and oxygen atoms in total. The molecule has 0 fully saturated rings. The zero-order valence-electron chi connectivity index (χ0n) is 10.4. The summed E-state index contributed by atoms with van der Waals surface area (Å²) in [6.45, 7) is 6.13. The third-order valence-electron chi connectivity index (χ3n) is 2.82. The van der Waals surface area contributed by atoms with Crippen LogP contribution in [0.2, 0.25) is 0 Å². The topological polar surface area (TPSA) is 55.5 Å². The van der Waals surface area contributed by atoms with Gasteiger partial charge in [0.25, 0.3) is 0 Å². The van der Waals surface area contributed by atoms with E-state index >= 15 is 0 Å². The number of ether oxygens (including phenoxy) is 1. The Hall–Kier alpha value is -1.06. The Morgan fingerprint density at radius 2 is 2.00 bits per heavy atom. The second-order valence-electron chi connectivity index (χ2n) is 4.36. The summed E-state index contributed by atoms with van der Waals surface area (Å²) in [6, 6.07) is 3.71. The molecule has 0 saturated carbocycles. The van der Waals surface area contributed by atoms with Crippen molar-refractivity contribution in [2.75, 3.05) is 13.7 Å². The zero-order valence-corrected chi connectivity index (χ0v) is 10.4. The van der Waals surface area contributed by atoms with Gasteiger partial charge in [-0.15, -0.1) is 0 Å². The number of aliphatic hydroxyl groups is 1. The van der Waals surface area contributed by atoms with E-state index in [1.807, 2.05) is 13.0 Å². The molecule has 0 heterocycles. The summed E-state index contributed by atoms with van der Waals surface area (Å²) in [4.78, 5) is 0. The molecule has 1 aromatic rings. The highest BCUT2D eigenvalue weighted by Gasteiger charge is 2.19. The third kappa shape index (κ3) is 2.36. The van der Waals surface area contributed by atoms with Gasteiger partial charge in [-0.05, 0) is 24.0 Å². The lowest BCUT2D eigenvalue weighted by atomic mass is 9.90. The van der Waals surface area contributed by atoms with Crippen LogP contribution in [-0.2, 0) is 0 Å². The first-order valence-corrected chi connectivity index (χ1v) is 5.56. The highest BCUT2D eigenvalue weighted by molar-refractivity contribution is 5.49. The van der Waals surface area contributed by atoms with Crippen LogP contribution in [0, 0.1) is 6.92 Å². The summed E-state index contributed by atoms with van der Waals surface area (Å²) in [5.41, 5.74) is 9.07. The first-order valence-electron chi connectivity index (χ1n) is 5.56. The number of benzene rings is 1. The van der Waals surface area contributed by atoms with Crippen molar-refractivity contribution in [3.63, 3.8) is 0 Å². The summed E-state index contributed by atoms with van der Waals surface area (Å²) < 4.78 is 5.40. The monoisotopic (exact) mass is 223 g/mol. The van der Waals surface area contributed by atoms with E-state index in [-0.39, 0.29) is 12.6 Å². The molecule has 1 aromatic carbocycles. The largest absolute Gasteiger partial charge is 0.496 e. The summed E-state index contributed by atoms with van der Waals surface area (Å²) in [5, 5.41) is 9.22. The van der Waals surface area contributed by atoms with E-state index in [2.05, 4.69) is 19.9 Å². The molecule has 16 heavy (non-hydrogen) atoms. The van der Waals surface area contributed by atoms with Crippen LogP contribution < -0.4 is 10.5 Å². The molecule has 0 aromatic heterocycles. The highest BCUT2D eigenvalue weighted by Crippen LogP contribution is 2.34. The average Bonchev–Trinajstić information content (AvgIpc) is 2.27. The maximum atomic E-state index is 9.22. The fraction of sp³-hybridized carbons (Fsp3) is 0.538. The van der Waals surface area contributed by atoms with E-state index in [0.29, 0.717) is 5.92 Å². The van der Waals surface area contributed by atoms with Crippen molar-refractivity contribution in [2.45, 2.75) is 32.7 Å². The Morgan fingerprint density at radius 3 is 2.44 bits per heavy atom. The van der Waals surface area contributed by atoms with Crippen molar-refractivity contribution < 1.29 is 9.84 Å². The third-order valence-corrected chi connectivity index (χ3v) is 2.82. The van der Waals surface area contributed by atoms with Gasteiger partial charge >= 0.3 is 0 Å². The Morgan fingerprint density at radius 1 is 1.38 bits per heavy atom. The van der Waals surface area contributed by atoms with E-state index in [1.54, 1.807) is 7.11 Å². The van der Waals surface area contributed by atoms with E-state index in [1.165, 1.54) is 0 Å². The molecule has 0 aliphatic carbocycles. The molecule has 0 amide bonds.